The number of thiazole rings is 1. The van der Waals surface area contributed by atoms with Crippen molar-refractivity contribution in [1.82, 2.24) is 9.71 Å². The third kappa shape index (κ3) is 4.88. The fourth-order valence-corrected chi connectivity index (χ4v) is 5.54. The van der Waals surface area contributed by atoms with Crippen LogP contribution in [-0.2, 0) is 20.6 Å². The average molecular weight is 473 g/mol. The molecule has 32 heavy (non-hydrogen) atoms. The van der Waals surface area contributed by atoms with Gasteiger partial charge < -0.3 is 10.4 Å². The molecule has 1 aliphatic rings. The lowest BCUT2D eigenvalue weighted by Gasteiger charge is -2.21. The predicted octanol–water partition coefficient (Wildman–Crippen LogP) is 3.17. The zero-order valence-corrected chi connectivity index (χ0v) is 19.3. The Hall–Kier alpha value is -2.66. The molecule has 0 spiro atoms. The van der Waals surface area contributed by atoms with Crippen LogP contribution in [0.15, 0.2) is 46.9 Å². The van der Waals surface area contributed by atoms with Gasteiger partial charge in [-0.05, 0) is 29.8 Å². The van der Waals surface area contributed by atoms with Crippen molar-refractivity contribution in [3.8, 4) is 0 Å². The Bertz CT molecular complexity index is 1280. The summed E-state index contributed by atoms with van der Waals surface area (Å²) in [6, 6.07) is 10.6. The Morgan fingerprint density at radius 1 is 1.25 bits per heavy atom. The maximum absolute atomic E-state index is 12.5. The van der Waals surface area contributed by atoms with E-state index in [0.717, 1.165) is 21.5 Å². The van der Waals surface area contributed by atoms with E-state index in [9.17, 15) is 18.3 Å². The number of sulfonamides is 1. The van der Waals surface area contributed by atoms with E-state index in [0.29, 0.717) is 11.3 Å². The van der Waals surface area contributed by atoms with E-state index in [1.54, 1.807) is 49.8 Å². The molecule has 0 saturated heterocycles. The summed E-state index contributed by atoms with van der Waals surface area (Å²) in [7, 11) is -3.53. The van der Waals surface area contributed by atoms with Crippen LogP contribution in [0, 0.1) is 5.41 Å². The van der Waals surface area contributed by atoms with E-state index in [2.05, 4.69) is 20.0 Å². The van der Waals surface area contributed by atoms with E-state index in [-0.39, 0.29) is 24.8 Å². The van der Waals surface area contributed by atoms with Gasteiger partial charge >= 0.3 is 0 Å². The number of carbonyl (C=O) groups excluding carboxylic acids is 1. The number of hydrogen-bond acceptors (Lipinski definition) is 7. The number of aliphatic hydroxyl groups excluding tert-OH is 1. The van der Waals surface area contributed by atoms with Crippen molar-refractivity contribution in [3.05, 3.63) is 53.0 Å². The maximum atomic E-state index is 12.5. The number of carbonyl (C=O) groups is 1. The highest BCUT2D eigenvalue weighted by atomic mass is 32.2. The van der Waals surface area contributed by atoms with Crippen LogP contribution < -0.4 is 10.0 Å². The van der Waals surface area contributed by atoms with Crippen molar-refractivity contribution in [3.63, 3.8) is 0 Å². The first kappa shape index (κ1) is 22.5. The normalized spacial score (nSPS) is 16.6. The molecule has 0 bridgehead atoms. The Balaban J connectivity index is 1.46. The van der Waals surface area contributed by atoms with Gasteiger partial charge in [0.1, 0.15) is 5.92 Å². The minimum absolute atomic E-state index is 0.111. The second-order valence-electron chi connectivity index (χ2n) is 8.54. The van der Waals surface area contributed by atoms with E-state index in [1.807, 2.05) is 12.1 Å². The summed E-state index contributed by atoms with van der Waals surface area (Å²) in [5, 5.41) is 12.2. The predicted molar refractivity (Wildman–Crippen MR) is 127 cm³/mol. The van der Waals surface area contributed by atoms with Gasteiger partial charge in [-0.1, -0.05) is 26.0 Å². The molecule has 0 saturated carbocycles. The van der Waals surface area contributed by atoms with Gasteiger partial charge in [0.15, 0.2) is 0 Å². The zero-order valence-electron chi connectivity index (χ0n) is 17.7. The van der Waals surface area contributed by atoms with Crippen molar-refractivity contribution >= 4 is 55.1 Å². The van der Waals surface area contributed by atoms with Crippen LogP contribution in [0.25, 0.3) is 10.2 Å². The number of aromatic nitrogens is 1. The van der Waals surface area contributed by atoms with Gasteiger partial charge in [0, 0.05) is 36.0 Å². The molecule has 8 nitrogen and oxygen atoms in total. The molecule has 1 unspecified atom stereocenters. The Morgan fingerprint density at radius 3 is 2.72 bits per heavy atom. The lowest BCUT2D eigenvalue weighted by molar-refractivity contribution is -0.115. The van der Waals surface area contributed by atoms with Crippen molar-refractivity contribution in [2.45, 2.75) is 25.5 Å². The molecule has 1 aliphatic heterocycles. The molecule has 10 heteroatoms. The van der Waals surface area contributed by atoms with Crippen molar-refractivity contribution in [1.29, 1.82) is 0 Å². The van der Waals surface area contributed by atoms with E-state index in [4.69, 9.17) is 0 Å². The van der Waals surface area contributed by atoms with Crippen LogP contribution in [0.1, 0.15) is 30.9 Å². The second-order valence-corrected chi connectivity index (χ2v) is 11.2. The highest BCUT2D eigenvalue weighted by Gasteiger charge is 2.31. The van der Waals surface area contributed by atoms with Crippen LogP contribution in [0.3, 0.4) is 0 Å². The molecule has 3 aromatic rings. The summed E-state index contributed by atoms with van der Waals surface area (Å²) in [5.41, 5.74) is 4.99. The molecular weight excluding hydrogens is 448 g/mol. The van der Waals surface area contributed by atoms with Crippen LogP contribution in [0.4, 0.5) is 11.4 Å². The minimum Gasteiger partial charge on any atom is -0.396 e. The molecule has 3 N–H and O–H groups in total. The number of rotatable bonds is 8. The first-order valence-corrected chi connectivity index (χ1v) is 12.6. The fourth-order valence-electron chi connectivity index (χ4n) is 3.32. The number of hydrogen-bond donors (Lipinski definition) is 3. The molecular formula is C22H24N4O4S2. The summed E-state index contributed by atoms with van der Waals surface area (Å²) in [6.45, 7) is 3.61. The Kier molecular flexibility index (Phi) is 6.13. The monoisotopic (exact) mass is 472 g/mol. The summed E-state index contributed by atoms with van der Waals surface area (Å²) in [5.74, 6) is -0.808. The standard InChI is InChI=1S/C22H24N4O4S2/c1-22(2,12-27)11-25-32(29,30)10-14-3-5-15(6-4-14)23-9-16-19-17(26-21(16)28)7-8-18-20(19)31-13-24-18/h3-9,13,16,25,27H,10-12H2,1-2H3,(H,26,28). The highest BCUT2D eigenvalue weighted by Crippen LogP contribution is 2.39. The van der Waals surface area contributed by atoms with Crippen LogP contribution in [0.5, 0.6) is 0 Å². The first-order chi connectivity index (χ1) is 15.2. The zero-order chi connectivity index (χ0) is 22.9. The fraction of sp³-hybridized carbons (Fsp3) is 0.318. The molecule has 0 aliphatic carbocycles. The molecule has 0 radical (unpaired) electrons. The number of fused-ring (bicyclic) bond motifs is 3. The minimum atomic E-state index is -3.53. The van der Waals surface area contributed by atoms with Gasteiger partial charge in [-0.3, -0.25) is 9.79 Å². The number of benzene rings is 2. The van der Waals surface area contributed by atoms with Crippen molar-refractivity contribution in [2.24, 2.45) is 10.4 Å². The number of nitrogens with one attached hydrogen (secondary N) is 2. The SMILES string of the molecule is CC(C)(CO)CNS(=O)(=O)Cc1ccc(N=CC2C(=O)Nc3ccc4ncsc4c32)cc1. The molecule has 1 atom stereocenters. The van der Waals surface area contributed by atoms with Crippen LogP contribution >= 0.6 is 11.3 Å². The molecule has 0 fully saturated rings. The second kappa shape index (κ2) is 8.70. The molecule has 4 rings (SSSR count). The maximum Gasteiger partial charge on any atom is 0.237 e. The van der Waals surface area contributed by atoms with E-state index in [1.165, 1.54) is 11.3 Å². The molecule has 2 heterocycles. The highest BCUT2D eigenvalue weighted by molar-refractivity contribution is 7.88. The average Bonchev–Trinajstić information content (AvgIpc) is 3.35. The Morgan fingerprint density at radius 2 is 2.00 bits per heavy atom. The van der Waals surface area contributed by atoms with Gasteiger partial charge in [0.2, 0.25) is 15.9 Å². The summed E-state index contributed by atoms with van der Waals surface area (Å²) in [6.07, 6.45) is 1.62. The van der Waals surface area contributed by atoms with Gasteiger partial charge in [-0.25, -0.2) is 18.1 Å². The lowest BCUT2D eigenvalue weighted by Crippen LogP contribution is -2.36. The first-order valence-electron chi connectivity index (χ1n) is 10.1. The number of amides is 1. The van der Waals surface area contributed by atoms with Gasteiger partial charge in [0.25, 0.3) is 0 Å². The van der Waals surface area contributed by atoms with E-state index >= 15 is 0 Å². The largest absolute Gasteiger partial charge is 0.396 e. The molecule has 1 aromatic heterocycles. The summed E-state index contributed by atoms with van der Waals surface area (Å²) < 4.78 is 28.1. The number of nitrogens with zero attached hydrogens (tertiary/aromatic N) is 2. The van der Waals surface area contributed by atoms with Gasteiger partial charge in [0.05, 0.1) is 27.2 Å². The lowest BCUT2D eigenvalue weighted by atomic mass is 9.96. The number of anilines is 1. The summed E-state index contributed by atoms with van der Waals surface area (Å²) >= 11 is 1.49. The Labute approximate surface area is 190 Å². The van der Waals surface area contributed by atoms with Gasteiger partial charge in [-0.2, -0.15) is 0 Å². The van der Waals surface area contributed by atoms with E-state index < -0.39 is 21.4 Å². The van der Waals surface area contributed by atoms with Crippen molar-refractivity contribution in [2.75, 3.05) is 18.5 Å². The topological polar surface area (TPSA) is 121 Å². The van der Waals surface area contributed by atoms with Gasteiger partial charge in [-0.15, -0.1) is 11.3 Å². The van der Waals surface area contributed by atoms with Crippen molar-refractivity contribution < 1.29 is 18.3 Å². The quantitative estimate of drug-likeness (QED) is 0.435. The molecule has 2 aromatic carbocycles. The number of aliphatic imine (C=N–C) groups is 1. The molecule has 1 amide bonds. The number of aliphatic hydroxyl groups is 1. The molecule has 168 valence electrons. The third-order valence-electron chi connectivity index (χ3n) is 5.25. The summed E-state index contributed by atoms with van der Waals surface area (Å²) in [4.78, 5) is 21.2. The van der Waals surface area contributed by atoms with Crippen LogP contribution in [-0.4, -0.2) is 43.8 Å². The smallest absolute Gasteiger partial charge is 0.237 e. The third-order valence-corrected chi connectivity index (χ3v) is 7.43. The van der Waals surface area contributed by atoms with Crippen LogP contribution in [0.2, 0.25) is 0 Å².